The number of carbonyl (C=O) groups excluding carboxylic acids is 1. The molecule has 1 fully saturated rings. The van der Waals surface area contributed by atoms with Gasteiger partial charge in [-0.3, -0.25) is 4.79 Å². The Kier molecular flexibility index (Phi) is 4.48. The van der Waals surface area contributed by atoms with Crippen molar-refractivity contribution in [2.24, 2.45) is 5.92 Å². The second-order valence-electron chi connectivity index (χ2n) is 3.59. The van der Waals surface area contributed by atoms with Crippen LogP contribution >= 0.6 is 0 Å². The Hall–Kier alpha value is -1.01. The smallest absolute Gasteiger partial charge is 0.298 e. The van der Waals surface area contributed by atoms with E-state index in [0.29, 0.717) is 5.92 Å². The highest BCUT2D eigenvalue weighted by Crippen LogP contribution is 2.14. The van der Waals surface area contributed by atoms with Crippen molar-refractivity contribution in [1.82, 2.24) is 10.2 Å². The second-order valence-corrected chi connectivity index (χ2v) is 3.59. The summed E-state index contributed by atoms with van der Waals surface area (Å²) in [6.45, 7) is 7.54. The number of likely N-dealkylation sites (tertiary alicyclic amines) is 1. The summed E-state index contributed by atoms with van der Waals surface area (Å²) in [4.78, 5) is 13.2. The van der Waals surface area contributed by atoms with E-state index in [1.165, 1.54) is 0 Å². The molecule has 3 heteroatoms. The highest BCUT2D eigenvalue weighted by atomic mass is 16.2. The fraction of sp³-hybridized carbons (Fsp3) is 0.727. The average molecular weight is 194 g/mol. The largest absolute Gasteiger partial charge is 0.332 e. The van der Waals surface area contributed by atoms with Crippen molar-refractivity contribution in [3.05, 3.63) is 0 Å². The first-order valence-electron chi connectivity index (χ1n) is 5.20. The zero-order valence-corrected chi connectivity index (χ0v) is 8.97. The van der Waals surface area contributed by atoms with Crippen molar-refractivity contribution in [3.8, 4) is 11.8 Å². The number of amides is 1. The van der Waals surface area contributed by atoms with Crippen LogP contribution in [-0.4, -0.2) is 37.0 Å². The van der Waals surface area contributed by atoms with E-state index >= 15 is 0 Å². The summed E-state index contributed by atoms with van der Waals surface area (Å²) in [6.07, 6.45) is 1.10. The molecule has 1 unspecified atom stereocenters. The SMILES string of the molecule is CC#CC(=O)N1CCC(CNCC)C1. The molecular formula is C11H18N2O. The number of nitrogens with one attached hydrogen (secondary N) is 1. The van der Waals surface area contributed by atoms with Gasteiger partial charge in [-0.15, -0.1) is 0 Å². The molecule has 14 heavy (non-hydrogen) atoms. The topological polar surface area (TPSA) is 32.3 Å². The lowest BCUT2D eigenvalue weighted by Gasteiger charge is -2.13. The summed E-state index contributed by atoms with van der Waals surface area (Å²) in [5.74, 6) is 5.81. The molecule has 0 spiro atoms. The van der Waals surface area contributed by atoms with Crippen LogP contribution in [0.1, 0.15) is 20.3 Å². The Morgan fingerprint density at radius 3 is 3.07 bits per heavy atom. The fourth-order valence-corrected chi connectivity index (χ4v) is 1.72. The predicted molar refractivity (Wildman–Crippen MR) is 56.7 cm³/mol. The van der Waals surface area contributed by atoms with E-state index in [4.69, 9.17) is 0 Å². The molecule has 1 amide bonds. The molecule has 1 aliphatic rings. The molecule has 1 aliphatic heterocycles. The minimum Gasteiger partial charge on any atom is -0.332 e. The van der Waals surface area contributed by atoms with Crippen molar-refractivity contribution in [3.63, 3.8) is 0 Å². The van der Waals surface area contributed by atoms with E-state index < -0.39 is 0 Å². The lowest BCUT2D eigenvalue weighted by molar-refractivity contribution is -0.124. The van der Waals surface area contributed by atoms with Gasteiger partial charge in [-0.25, -0.2) is 0 Å². The van der Waals surface area contributed by atoms with Crippen molar-refractivity contribution in [2.45, 2.75) is 20.3 Å². The van der Waals surface area contributed by atoms with Crippen LogP contribution in [0.5, 0.6) is 0 Å². The summed E-state index contributed by atoms with van der Waals surface area (Å²) in [7, 11) is 0. The molecule has 0 saturated carbocycles. The minimum absolute atomic E-state index is 0.0218. The number of carbonyl (C=O) groups is 1. The second kappa shape index (κ2) is 5.66. The Balaban J connectivity index is 2.32. The minimum atomic E-state index is -0.0218. The molecule has 0 bridgehead atoms. The lowest BCUT2D eigenvalue weighted by Crippen LogP contribution is -2.29. The first-order valence-corrected chi connectivity index (χ1v) is 5.20. The third kappa shape index (κ3) is 3.04. The van der Waals surface area contributed by atoms with E-state index in [1.54, 1.807) is 6.92 Å². The molecule has 0 aromatic carbocycles. The van der Waals surface area contributed by atoms with Crippen molar-refractivity contribution < 1.29 is 4.79 Å². The maximum Gasteiger partial charge on any atom is 0.298 e. The number of rotatable bonds is 3. The third-order valence-electron chi connectivity index (χ3n) is 2.49. The van der Waals surface area contributed by atoms with E-state index in [0.717, 1.165) is 32.6 Å². The zero-order valence-electron chi connectivity index (χ0n) is 8.97. The van der Waals surface area contributed by atoms with Crippen molar-refractivity contribution in [2.75, 3.05) is 26.2 Å². The Morgan fingerprint density at radius 2 is 2.43 bits per heavy atom. The molecule has 0 aromatic heterocycles. The quantitative estimate of drug-likeness (QED) is 0.662. The molecule has 1 atom stereocenters. The molecule has 0 aliphatic carbocycles. The van der Waals surface area contributed by atoms with Crippen LogP contribution in [0.25, 0.3) is 0 Å². The molecule has 3 nitrogen and oxygen atoms in total. The normalized spacial score (nSPS) is 20.4. The van der Waals surface area contributed by atoms with Gasteiger partial charge in [0.2, 0.25) is 0 Å². The van der Waals surface area contributed by atoms with E-state index in [1.807, 2.05) is 4.90 Å². The van der Waals surface area contributed by atoms with Crippen LogP contribution in [0.15, 0.2) is 0 Å². The zero-order chi connectivity index (χ0) is 10.4. The maximum absolute atomic E-state index is 11.4. The maximum atomic E-state index is 11.4. The van der Waals surface area contributed by atoms with Gasteiger partial charge >= 0.3 is 0 Å². The molecule has 0 radical (unpaired) electrons. The number of nitrogens with zero attached hydrogens (tertiary/aromatic N) is 1. The van der Waals surface area contributed by atoms with Crippen LogP contribution in [0.2, 0.25) is 0 Å². The highest BCUT2D eigenvalue weighted by molar-refractivity contribution is 5.93. The fourth-order valence-electron chi connectivity index (χ4n) is 1.72. The predicted octanol–water partition coefficient (Wildman–Crippen LogP) is 0.468. The number of hydrogen-bond acceptors (Lipinski definition) is 2. The molecule has 0 aromatic rings. The van der Waals surface area contributed by atoms with Gasteiger partial charge in [0.15, 0.2) is 0 Å². The summed E-state index contributed by atoms with van der Waals surface area (Å²) in [5.41, 5.74) is 0. The molecule has 78 valence electrons. The molecular weight excluding hydrogens is 176 g/mol. The summed E-state index contributed by atoms with van der Waals surface area (Å²) >= 11 is 0. The van der Waals surface area contributed by atoms with Gasteiger partial charge in [0.05, 0.1) is 0 Å². The summed E-state index contributed by atoms with van der Waals surface area (Å²) in [5, 5.41) is 3.31. The Bertz CT molecular complexity index is 252. The Morgan fingerprint density at radius 1 is 1.64 bits per heavy atom. The van der Waals surface area contributed by atoms with Crippen LogP contribution in [-0.2, 0) is 4.79 Å². The van der Waals surface area contributed by atoms with Gasteiger partial charge < -0.3 is 10.2 Å². The van der Waals surface area contributed by atoms with Crippen LogP contribution < -0.4 is 5.32 Å². The van der Waals surface area contributed by atoms with Crippen LogP contribution in [0.3, 0.4) is 0 Å². The van der Waals surface area contributed by atoms with Crippen molar-refractivity contribution in [1.29, 1.82) is 0 Å². The van der Waals surface area contributed by atoms with Crippen LogP contribution in [0.4, 0.5) is 0 Å². The van der Waals surface area contributed by atoms with Gasteiger partial charge in [-0.2, -0.15) is 0 Å². The van der Waals surface area contributed by atoms with Crippen molar-refractivity contribution >= 4 is 5.91 Å². The van der Waals surface area contributed by atoms with Gasteiger partial charge in [-0.05, 0) is 38.3 Å². The number of hydrogen-bond donors (Lipinski definition) is 1. The molecule has 1 rings (SSSR count). The first kappa shape index (κ1) is 11.1. The van der Waals surface area contributed by atoms with E-state index in [2.05, 4.69) is 24.1 Å². The van der Waals surface area contributed by atoms with Gasteiger partial charge in [0, 0.05) is 13.1 Å². The van der Waals surface area contributed by atoms with Crippen LogP contribution in [0, 0.1) is 17.8 Å². The lowest BCUT2D eigenvalue weighted by atomic mass is 10.1. The molecule has 1 saturated heterocycles. The summed E-state index contributed by atoms with van der Waals surface area (Å²) in [6, 6.07) is 0. The van der Waals surface area contributed by atoms with Gasteiger partial charge in [-0.1, -0.05) is 12.8 Å². The summed E-state index contributed by atoms with van der Waals surface area (Å²) < 4.78 is 0. The van der Waals surface area contributed by atoms with E-state index in [-0.39, 0.29) is 5.91 Å². The van der Waals surface area contributed by atoms with Gasteiger partial charge in [0.1, 0.15) is 0 Å². The third-order valence-corrected chi connectivity index (χ3v) is 2.49. The monoisotopic (exact) mass is 194 g/mol. The molecule has 1 heterocycles. The van der Waals surface area contributed by atoms with Gasteiger partial charge in [0.25, 0.3) is 5.91 Å². The van der Waals surface area contributed by atoms with E-state index in [9.17, 15) is 4.79 Å². The average Bonchev–Trinajstić information content (AvgIpc) is 2.63. The molecule has 1 N–H and O–H groups in total. The Labute approximate surface area is 85.9 Å². The standard InChI is InChI=1S/C11H18N2O/c1-3-5-11(14)13-7-6-10(9-13)8-12-4-2/h10,12H,4,6-9H2,1-2H3. The highest BCUT2D eigenvalue weighted by Gasteiger charge is 2.24. The first-order chi connectivity index (χ1) is 6.77.